The van der Waals surface area contributed by atoms with Crippen LogP contribution >= 0.6 is 0 Å². The van der Waals surface area contributed by atoms with Crippen LogP contribution in [0.1, 0.15) is 25.0 Å². The molecule has 1 amide bonds. The van der Waals surface area contributed by atoms with Gasteiger partial charge in [0.05, 0.1) is 13.0 Å². The summed E-state index contributed by atoms with van der Waals surface area (Å²) in [4.78, 5) is 25.3. The molecule has 1 rings (SSSR count). The lowest BCUT2D eigenvalue weighted by Gasteiger charge is -2.24. The molecule has 0 aromatic heterocycles. The van der Waals surface area contributed by atoms with E-state index in [9.17, 15) is 9.59 Å². The molecule has 5 nitrogen and oxygen atoms in total. The zero-order chi connectivity index (χ0) is 16.7. The average Bonchev–Trinajstić information content (AvgIpc) is 2.50. The van der Waals surface area contributed by atoms with E-state index in [1.54, 1.807) is 11.8 Å². The van der Waals surface area contributed by atoms with Gasteiger partial charge in [0.2, 0.25) is 0 Å². The van der Waals surface area contributed by atoms with Crippen LogP contribution in [0.4, 0.5) is 0 Å². The van der Waals surface area contributed by atoms with Crippen LogP contribution < -0.4 is 4.74 Å². The number of likely N-dealkylation sites (N-methyl/N-ethyl adjacent to an activating group) is 1. The standard InChI is InChI=1S/C17H25NO4/c1-6-18(10-14(4)17(20)21-5)15(19)11-22-16-12(2)8-7-9-13(16)3/h7-9,14H,6,10-11H2,1-5H3. The van der Waals surface area contributed by atoms with Gasteiger partial charge in [-0.05, 0) is 31.9 Å². The number of carbonyl (C=O) groups excluding carboxylic acids is 2. The quantitative estimate of drug-likeness (QED) is 0.726. The van der Waals surface area contributed by atoms with E-state index in [4.69, 9.17) is 4.74 Å². The van der Waals surface area contributed by atoms with Crippen LogP contribution in [-0.4, -0.2) is 43.6 Å². The van der Waals surface area contributed by atoms with E-state index in [1.807, 2.05) is 39.0 Å². The van der Waals surface area contributed by atoms with Gasteiger partial charge in [-0.1, -0.05) is 25.1 Å². The maximum absolute atomic E-state index is 12.3. The molecular formula is C17H25NO4. The molecule has 1 unspecified atom stereocenters. The van der Waals surface area contributed by atoms with Crippen molar-refractivity contribution in [2.75, 3.05) is 26.8 Å². The van der Waals surface area contributed by atoms with E-state index in [1.165, 1.54) is 7.11 Å². The molecule has 5 heteroatoms. The molecule has 22 heavy (non-hydrogen) atoms. The van der Waals surface area contributed by atoms with Gasteiger partial charge in [0.15, 0.2) is 6.61 Å². The molecule has 122 valence electrons. The van der Waals surface area contributed by atoms with Crippen molar-refractivity contribution >= 4 is 11.9 Å². The molecule has 1 aromatic rings. The Morgan fingerprint density at radius 3 is 2.32 bits per heavy atom. The van der Waals surface area contributed by atoms with E-state index in [0.717, 1.165) is 16.9 Å². The second kappa shape index (κ2) is 8.41. The molecular weight excluding hydrogens is 282 g/mol. The number of amides is 1. The van der Waals surface area contributed by atoms with Crippen LogP contribution in [0.3, 0.4) is 0 Å². The first-order valence-electron chi connectivity index (χ1n) is 7.45. The summed E-state index contributed by atoms with van der Waals surface area (Å²) in [6, 6.07) is 5.85. The van der Waals surface area contributed by atoms with Crippen LogP contribution in [0.2, 0.25) is 0 Å². The Balaban J connectivity index is 2.64. The van der Waals surface area contributed by atoms with Crippen molar-refractivity contribution in [3.8, 4) is 5.75 Å². The number of methoxy groups -OCH3 is 1. The van der Waals surface area contributed by atoms with Gasteiger partial charge in [-0.25, -0.2) is 0 Å². The van der Waals surface area contributed by atoms with Gasteiger partial charge in [0.1, 0.15) is 5.75 Å². The summed E-state index contributed by atoms with van der Waals surface area (Å²) in [5, 5.41) is 0. The van der Waals surface area contributed by atoms with Gasteiger partial charge in [-0.2, -0.15) is 0 Å². The number of aryl methyl sites for hydroxylation is 2. The number of nitrogens with zero attached hydrogens (tertiary/aromatic N) is 1. The van der Waals surface area contributed by atoms with E-state index in [2.05, 4.69) is 4.74 Å². The van der Waals surface area contributed by atoms with Crippen LogP contribution in [0, 0.1) is 19.8 Å². The van der Waals surface area contributed by atoms with Gasteiger partial charge in [0.25, 0.3) is 5.91 Å². The van der Waals surface area contributed by atoms with Crippen molar-refractivity contribution in [3.63, 3.8) is 0 Å². The lowest BCUT2D eigenvalue weighted by atomic mass is 10.1. The number of para-hydroxylation sites is 1. The minimum Gasteiger partial charge on any atom is -0.483 e. The van der Waals surface area contributed by atoms with Crippen molar-refractivity contribution in [1.82, 2.24) is 4.90 Å². The van der Waals surface area contributed by atoms with Crippen LogP contribution in [-0.2, 0) is 14.3 Å². The summed E-state index contributed by atoms with van der Waals surface area (Å²) >= 11 is 0. The first kappa shape index (κ1) is 18.0. The van der Waals surface area contributed by atoms with Crippen molar-refractivity contribution in [1.29, 1.82) is 0 Å². The molecule has 1 atom stereocenters. The number of esters is 1. The van der Waals surface area contributed by atoms with Gasteiger partial charge >= 0.3 is 5.97 Å². The molecule has 0 fully saturated rings. The third-order valence-corrected chi connectivity index (χ3v) is 3.58. The van der Waals surface area contributed by atoms with E-state index < -0.39 is 0 Å². The van der Waals surface area contributed by atoms with Crippen molar-refractivity contribution in [2.45, 2.75) is 27.7 Å². The molecule has 0 saturated carbocycles. The van der Waals surface area contributed by atoms with E-state index in [0.29, 0.717) is 13.1 Å². The highest BCUT2D eigenvalue weighted by Crippen LogP contribution is 2.22. The first-order valence-corrected chi connectivity index (χ1v) is 7.45. The molecule has 0 aliphatic rings. The zero-order valence-electron chi connectivity index (χ0n) is 14.0. The molecule has 0 saturated heterocycles. The Hall–Kier alpha value is -2.04. The molecule has 1 aromatic carbocycles. The minimum absolute atomic E-state index is 0.0343. The number of hydrogen-bond acceptors (Lipinski definition) is 4. The van der Waals surface area contributed by atoms with Crippen LogP contribution in [0.25, 0.3) is 0 Å². The maximum atomic E-state index is 12.3. The van der Waals surface area contributed by atoms with Gasteiger partial charge < -0.3 is 14.4 Å². The second-order valence-electron chi connectivity index (χ2n) is 5.37. The maximum Gasteiger partial charge on any atom is 0.310 e. The van der Waals surface area contributed by atoms with Crippen molar-refractivity contribution in [3.05, 3.63) is 29.3 Å². The summed E-state index contributed by atoms with van der Waals surface area (Å²) < 4.78 is 10.4. The molecule has 0 heterocycles. The summed E-state index contributed by atoms with van der Waals surface area (Å²) in [6.45, 7) is 8.34. The number of rotatable bonds is 7. The van der Waals surface area contributed by atoms with E-state index >= 15 is 0 Å². The smallest absolute Gasteiger partial charge is 0.310 e. The fourth-order valence-corrected chi connectivity index (χ4v) is 2.27. The van der Waals surface area contributed by atoms with E-state index in [-0.39, 0.29) is 24.4 Å². The molecule has 0 aliphatic heterocycles. The Kier molecular flexibility index (Phi) is 6.89. The summed E-state index contributed by atoms with van der Waals surface area (Å²) in [5.74, 6) is -0.0650. The normalized spacial score (nSPS) is 11.7. The Labute approximate surface area is 132 Å². The minimum atomic E-state index is -0.353. The fraction of sp³-hybridized carbons (Fsp3) is 0.529. The third-order valence-electron chi connectivity index (χ3n) is 3.58. The second-order valence-corrected chi connectivity index (χ2v) is 5.37. The lowest BCUT2D eigenvalue weighted by Crippen LogP contribution is -2.39. The highest BCUT2D eigenvalue weighted by Gasteiger charge is 2.21. The number of benzene rings is 1. The SMILES string of the molecule is CCN(CC(C)C(=O)OC)C(=O)COc1c(C)cccc1C. The van der Waals surface area contributed by atoms with Crippen molar-refractivity contribution in [2.24, 2.45) is 5.92 Å². The predicted molar refractivity (Wildman–Crippen MR) is 84.8 cm³/mol. The Morgan fingerprint density at radius 2 is 1.82 bits per heavy atom. The Bertz CT molecular complexity index is 507. The summed E-state index contributed by atoms with van der Waals surface area (Å²) in [7, 11) is 1.35. The molecule has 0 bridgehead atoms. The fourth-order valence-electron chi connectivity index (χ4n) is 2.27. The van der Waals surface area contributed by atoms with Crippen LogP contribution in [0.5, 0.6) is 5.75 Å². The number of ether oxygens (including phenoxy) is 2. The van der Waals surface area contributed by atoms with Gasteiger partial charge in [0, 0.05) is 13.1 Å². The van der Waals surface area contributed by atoms with Crippen molar-refractivity contribution < 1.29 is 19.1 Å². The molecule has 0 aliphatic carbocycles. The largest absolute Gasteiger partial charge is 0.483 e. The lowest BCUT2D eigenvalue weighted by molar-refractivity contribution is -0.146. The highest BCUT2D eigenvalue weighted by atomic mass is 16.5. The number of carbonyl (C=O) groups is 2. The number of hydrogen-bond donors (Lipinski definition) is 0. The average molecular weight is 307 g/mol. The molecule has 0 spiro atoms. The monoisotopic (exact) mass is 307 g/mol. The predicted octanol–water partition coefficient (Wildman–Crippen LogP) is 2.34. The van der Waals surface area contributed by atoms with Gasteiger partial charge in [-0.15, -0.1) is 0 Å². The highest BCUT2D eigenvalue weighted by molar-refractivity contribution is 5.79. The third kappa shape index (κ3) is 4.76. The summed E-state index contributed by atoms with van der Waals surface area (Å²) in [6.07, 6.45) is 0. The Morgan fingerprint density at radius 1 is 1.23 bits per heavy atom. The first-order chi connectivity index (χ1) is 10.4. The zero-order valence-corrected chi connectivity index (χ0v) is 14.0. The van der Waals surface area contributed by atoms with Gasteiger partial charge in [-0.3, -0.25) is 9.59 Å². The summed E-state index contributed by atoms with van der Waals surface area (Å²) in [5.41, 5.74) is 2.00. The molecule has 0 N–H and O–H groups in total. The topological polar surface area (TPSA) is 55.8 Å². The molecule has 0 radical (unpaired) electrons. The van der Waals surface area contributed by atoms with Crippen LogP contribution in [0.15, 0.2) is 18.2 Å².